The van der Waals surface area contributed by atoms with Gasteiger partial charge in [-0.05, 0) is 44.6 Å². The second kappa shape index (κ2) is 7.02. The van der Waals surface area contributed by atoms with Crippen molar-refractivity contribution in [2.75, 3.05) is 18.9 Å². The number of amides is 1. The monoisotopic (exact) mass is 303 g/mol. The zero-order chi connectivity index (χ0) is 15.3. The zero-order valence-corrected chi connectivity index (χ0v) is 13.3. The number of carbonyl (C=O) groups is 1. The summed E-state index contributed by atoms with van der Waals surface area (Å²) in [5, 5.41) is 11.9. The van der Waals surface area contributed by atoms with Crippen molar-refractivity contribution >= 4 is 17.7 Å². The van der Waals surface area contributed by atoms with E-state index in [2.05, 4.69) is 24.1 Å². The first-order valence-corrected chi connectivity index (χ1v) is 8.15. The van der Waals surface area contributed by atoms with Gasteiger partial charge >= 0.3 is 0 Å². The number of carbonyl (C=O) groups excluding carboxylic acids is 1. The minimum atomic E-state index is -0.205. The van der Waals surface area contributed by atoms with E-state index in [0.717, 1.165) is 12.0 Å². The molecule has 2 rings (SSSR count). The number of nitrogens with one attached hydrogen (secondary N) is 1. The summed E-state index contributed by atoms with van der Waals surface area (Å²) in [6.45, 7) is 4.63. The number of hydrogen-bond acceptors (Lipinski definition) is 3. The lowest BCUT2D eigenvalue weighted by Gasteiger charge is -2.23. The first-order valence-electron chi connectivity index (χ1n) is 7.17. The van der Waals surface area contributed by atoms with E-state index in [1.54, 1.807) is 0 Å². The molecule has 0 aliphatic carbocycles. The third-order valence-electron chi connectivity index (χ3n) is 3.65. The molecule has 1 unspecified atom stereocenters. The van der Waals surface area contributed by atoms with Crippen LogP contribution in [-0.4, -0.2) is 34.7 Å². The fraction of sp³-hybridized carbons (Fsp3) is 0.471. The Balaban J connectivity index is 2.12. The molecule has 21 heavy (non-hydrogen) atoms. The van der Waals surface area contributed by atoms with E-state index in [1.165, 1.54) is 12.2 Å². The highest BCUT2D eigenvalue weighted by Crippen LogP contribution is 2.37. The van der Waals surface area contributed by atoms with Gasteiger partial charge in [-0.3, -0.25) is 4.79 Å². The molecule has 1 aliphatic heterocycles. The topological polar surface area (TPSA) is 49.3 Å². The van der Waals surface area contributed by atoms with Crippen LogP contribution in [-0.2, 0) is 0 Å². The maximum absolute atomic E-state index is 12.4. The molecule has 1 atom stereocenters. The Hall–Kier alpha value is -1.44. The van der Waals surface area contributed by atoms with Gasteiger partial charge in [-0.25, -0.2) is 0 Å². The van der Waals surface area contributed by atoms with Crippen LogP contribution in [0.1, 0.15) is 41.3 Å². The molecule has 1 heterocycles. The fourth-order valence-electron chi connectivity index (χ4n) is 2.43. The Morgan fingerprint density at radius 3 is 3.00 bits per heavy atom. The highest BCUT2D eigenvalue weighted by atomic mass is 32.2. The molecule has 0 saturated carbocycles. The number of thioether (sulfide) groups is 1. The Morgan fingerprint density at radius 1 is 1.52 bits per heavy atom. The number of rotatable bonds is 3. The fourth-order valence-corrected chi connectivity index (χ4v) is 3.67. The normalized spacial score (nSPS) is 20.7. The molecule has 0 spiro atoms. The lowest BCUT2D eigenvalue weighted by atomic mass is 10.0. The van der Waals surface area contributed by atoms with Crippen LogP contribution in [0.2, 0.25) is 0 Å². The quantitative estimate of drug-likeness (QED) is 0.843. The molecule has 0 radical (unpaired) electrons. The predicted octanol–water partition coefficient (Wildman–Crippen LogP) is 2.35. The largest absolute Gasteiger partial charge is 0.384 e. The Bertz CT molecular complexity index is 580. The van der Waals surface area contributed by atoms with Gasteiger partial charge in [0.15, 0.2) is 0 Å². The van der Waals surface area contributed by atoms with Crippen LogP contribution in [0.4, 0.5) is 0 Å². The molecule has 112 valence electrons. The van der Waals surface area contributed by atoms with Crippen molar-refractivity contribution in [3.05, 3.63) is 34.9 Å². The average Bonchev–Trinajstić information content (AvgIpc) is 2.91. The van der Waals surface area contributed by atoms with Gasteiger partial charge in [0.25, 0.3) is 5.91 Å². The molecule has 2 N–H and O–H groups in total. The summed E-state index contributed by atoms with van der Waals surface area (Å²) in [5.41, 5.74) is 2.27. The van der Waals surface area contributed by atoms with Crippen LogP contribution >= 0.6 is 11.8 Å². The molecule has 1 saturated heterocycles. The first-order chi connectivity index (χ1) is 10.0. The molecular weight excluding hydrogens is 282 g/mol. The minimum Gasteiger partial charge on any atom is -0.384 e. The number of hydrogen-bond donors (Lipinski definition) is 2. The minimum absolute atomic E-state index is 0.0883. The van der Waals surface area contributed by atoms with Crippen molar-refractivity contribution in [1.29, 1.82) is 0 Å². The van der Waals surface area contributed by atoms with Crippen molar-refractivity contribution in [1.82, 2.24) is 5.32 Å². The molecule has 1 fully saturated rings. The van der Waals surface area contributed by atoms with Crippen LogP contribution in [0.5, 0.6) is 0 Å². The summed E-state index contributed by atoms with van der Waals surface area (Å²) in [6.07, 6.45) is 2.36. The maximum atomic E-state index is 12.4. The molecule has 1 aromatic carbocycles. The summed E-state index contributed by atoms with van der Waals surface area (Å²) >= 11 is 1.93. The van der Waals surface area contributed by atoms with Crippen LogP contribution < -0.4 is 5.32 Å². The summed E-state index contributed by atoms with van der Waals surface area (Å²) in [4.78, 5) is 12.4. The maximum Gasteiger partial charge on any atom is 0.252 e. The van der Waals surface area contributed by atoms with Crippen LogP contribution in [0.15, 0.2) is 18.2 Å². The number of benzene rings is 1. The summed E-state index contributed by atoms with van der Waals surface area (Å²) in [5.74, 6) is 6.53. The molecule has 3 nitrogen and oxygen atoms in total. The standard InChI is InChI=1S/C17H21NO2S/c1-13-6-7-14(5-3-9-19)15(11-13)16(20)18-12-17(2)8-4-10-21-17/h6-7,11,19H,4,8-10,12H2,1-2H3,(H,18,20). The van der Waals surface area contributed by atoms with E-state index >= 15 is 0 Å². The molecule has 0 bridgehead atoms. The van der Waals surface area contributed by atoms with E-state index in [1.807, 2.05) is 36.9 Å². The Morgan fingerprint density at radius 2 is 2.33 bits per heavy atom. The van der Waals surface area contributed by atoms with Crippen molar-refractivity contribution in [2.45, 2.75) is 31.4 Å². The van der Waals surface area contributed by atoms with E-state index < -0.39 is 0 Å². The Labute approximate surface area is 130 Å². The van der Waals surface area contributed by atoms with Crippen molar-refractivity contribution in [2.24, 2.45) is 0 Å². The molecule has 1 aliphatic rings. The van der Waals surface area contributed by atoms with E-state index in [9.17, 15) is 4.79 Å². The lowest BCUT2D eigenvalue weighted by Crippen LogP contribution is -2.37. The lowest BCUT2D eigenvalue weighted by molar-refractivity contribution is 0.0949. The highest BCUT2D eigenvalue weighted by molar-refractivity contribution is 8.00. The number of aliphatic hydroxyl groups is 1. The highest BCUT2D eigenvalue weighted by Gasteiger charge is 2.30. The smallest absolute Gasteiger partial charge is 0.252 e. The second-order valence-corrected chi connectivity index (χ2v) is 7.28. The number of aryl methyl sites for hydroxylation is 1. The SMILES string of the molecule is Cc1ccc(C#CCO)c(C(=O)NCC2(C)CCCS2)c1. The van der Waals surface area contributed by atoms with Crippen molar-refractivity contribution < 1.29 is 9.90 Å². The molecule has 1 amide bonds. The molecule has 0 aromatic heterocycles. The number of aliphatic hydroxyl groups excluding tert-OH is 1. The van der Waals surface area contributed by atoms with E-state index in [4.69, 9.17) is 5.11 Å². The van der Waals surface area contributed by atoms with Gasteiger partial charge in [-0.2, -0.15) is 11.8 Å². The second-order valence-electron chi connectivity index (χ2n) is 5.59. The van der Waals surface area contributed by atoms with Gasteiger partial charge in [0, 0.05) is 16.9 Å². The molecule has 1 aromatic rings. The van der Waals surface area contributed by atoms with E-state index in [-0.39, 0.29) is 17.3 Å². The van der Waals surface area contributed by atoms with Crippen LogP contribution in [0.25, 0.3) is 0 Å². The predicted molar refractivity (Wildman–Crippen MR) is 87.6 cm³/mol. The van der Waals surface area contributed by atoms with Crippen LogP contribution in [0.3, 0.4) is 0 Å². The van der Waals surface area contributed by atoms with Crippen LogP contribution in [0, 0.1) is 18.8 Å². The van der Waals surface area contributed by atoms with Gasteiger partial charge in [0.1, 0.15) is 6.61 Å². The van der Waals surface area contributed by atoms with Gasteiger partial charge in [-0.15, -0.1) is 0 Å². The summed E-state index contributed by atoms with van der Waals surface area (Å²) in [6, 6.07) is 5.60. The Kier molecular flexibility index (Phi) is 5.33. The first kappa shape index (κ1) is 15.9. The molecule has 4 heteroatoms. The summed E-state index contributed by atoms with van der Waals surface area (Å²) < 4.78 is 0.149. The molecular formula is C17H21NO2S. The zero-order valence-electron chi connectivity index (χ0n) is 12.5. The van der Waals surface area contributed by atoms with Gasteiger partial charge in [-0.1, -0.05) is 23.5 Å². The van der Waals surface area contributed by atoms with E-state index in [0.29, 0.717) is 17.7 Å². The van der Waals surface area contributed by atoms with Gasteiger partial charge < -0.3 is 10.4 Å². The third-order valence-corrected chi connectivity index (χ3v) is 5.18. The average molecular weight is 303 g/mol. The van der Waals surface area contributed by atoms with Gasteiger partial charge in [0.05, 0.1) is 5.56 Å². The summed E-state index contributed by atoms with van der Waals surface area (Å²) in [7, 11) is 0. The van der Waals surface area contributed by atoms with Crippen molar-refractivity contribution in [3.8, 4) is 11.8 Å². The van der Waals surface area contributed by atoms with Crippen molar-refractivity contribution in [3.63, 3.8) is 0 Å². The van der Waals surface area contributed by atoms with Gasteiger partial charge in [0.2, 0.25) is 0 Å². The third kappa shape index (κ3) is 4.26.